The summed E-state index contributed by atoms with van der Waals surface area (Å²) in [5.41, 5.74) is 2.94. The van der Waals surface area contributed by atoms with Crippen molar-refractivity contribution >= 4 is 58.2 Å². The van der Waals surface area contributed by atoms with Crippen molar-refractivity contribution in [2.24, 2.45) is 0 Å². The van der Waals surface area contributed by atoms with Crippen molar-refractivity contribution in [3.63, 3.8) is 0 Å². The molecule has 1 fully saturated rings. The highest BCUT2D eigenvalue weighted by Gasteiger charge is 2.33. The lowest BCUT2D eigenvalue weighted by Crippen LogP contribution is -2.31. The molecule has 1 amide bonds. The lowest BCUT2D eigenvalue weighted by Gasteiger charge is -2.36. The van der Waals surface area contributed by atoms with Gasteiger partial charge in [0.1, 0.15) is 6.33 Å². The first-order valence-electron chi connectivity index (χ1n) is 10.3. The standard InChI is InChI=1S/C22H21Cl3N4O4S/c23-22(24,25)20(31)28-16-3-1-2-15(8-16)19-32-17(11-34-21-26-12-27-29-21)9-18(33-19)14-6-4-13(10-30)5-7-14/h1-8,12,17-19,30H,9-11H2,(H,28,31)(H,26,27,29). The second-order valence-electron chi connectivity index (χ2n) is 7.53. The molecule has 0 radical (unpaired) electrons. The molecule has 3 N–H and O–H groups in total. The smallest absolute Gasteiger partial charge is 0.276 e. The van der Waals surface area contributed by atoms with Gasteiger partial charge in [-0.3, -0.25) is 9.89 Å². The van der Waals surface area contributed by atoms with Crippen LogP contribution in [0.4, 0.5) is 5.69 Å². The van der Waals surface area contributed by atoms with Crippen molar-refractivity contribution in [2.75, 3.05) is 11.1 Å². The number of halogens is 3. The predicted octanol–water partition coefficient (Wildman–Crippen LogP) is 4.94. The van der Waals surface area contributed by atoms with Gasteiger partial charge in [0.05, 0.1) is 18.8 Å². The van der Waals surface area contributed by atoms with Crippen LogP contribution in [0.5, 0.6) is 0 Å². The number of benzene rings is 2. The zero-order valence-corrected chi connectivity index (χ0v) is 20.7. The number of carbonyl (C=O) groups is 1. The second-order valence-corrected chi connectivity index (χ2v) is 10.8. The van der Waals surface area contributed by atoms with Crippen LogP contribution in [0.15, 0.2) is 60.0 Å². The number of aliphatic hydroxyl groups excluding tert-OH is 1. The van der Waals surface area contributed by atoms with Crippen LogP contribution in [-0.2, 0) is 20.9 Å². The molecule has 180 valence electrons. The summed E-state index contributed by atoms with van der Waals surface area (Å²) in [5.74, 6) is -0.132. The number of rotatable bonds is 7. The summed E-state index contributed by atoms with van der Waals surface area (Å²) in [7, 11) is 0. The van der Waals surface area contributed by atoms with Gasteiger partial charge >= 0.3 is 0 Å². The Morgan fingerprint density at radius 3 is 2.65 bits per heavy atom. The molecule has 1 aliphatic heterocycles. The third-order valence-corrected chi connectivity index (χ3v) is 6.61. The van der Waals surface area contributed by atoms with Gasteiger partial charge in [0.15, 0.2) is 11.4 Å². The Kier molecular flexibility index (Phi) is 8.36. The van der Waals surface area contributed by atoms with E-state index in [1.54, 1.807) is 18.2 Å². The molecule has 3 atom stereocenters. The van der Waals surface area contributed by atoms with Crippen molar-refractivity contribution in [1.29, 1.82) is 0 Å². The van der Waals surface area contributed by atoms with Gasteiger partial charge in [-0.25, -0.2) is 4.98 Å². The summed E-state index contributed by atoms with van der Waals surface area (Å²) in [6, 6.07) is 14.6. The van der Waals surface area contributed by atoms with E-state index in [9.17, 15) is 9.90 Å². The van der Waals surface area contributed by atoms with Gasteiger partial charge < -0.3 is 19.9 Å². The topological polar surface area (TPSA) is 109 Å². The van der Waals surface area contributed by atoms with Gasteiger partial charge in [0, 0.05) is 23.4 Å². The minimum atomic E-state index is -2.08. The van der Waals surface area contributed by atoms with Crippen molar-refractivity contribution < 1.29 is 19.4 Å². The fourth-order valence-electron chi connectivity index (χ4n) is 3.42. The van der Waals surface area contributed by atoms with Gasteiger partial charge in [0.25, 0.3) is 9.70 Å². The second kappa shape index (κ2) is 11.3. The number of anilines is 1. The van der Waals surface area contributed by atoms with E-state index in [1.807, 2.05) is 30.3 Å². The number of hydrogen-bond acceptors (Lipinski definition) is 7. The summed E-state index contributed by atoms with van der Waals surface area (Å²) in [6.45, 7) is -0.0271. The fourth-order valence-corrected chi connectivity index (χ4v) is 4.36. The Bertz CT molecular complexity index is 1100. The molecule has 12 heteroatoms. The predicted molar refractivity (Wildman–Crippen MR) is 131 cm³/mol. The van der Waals surface area contributed by atoms with E-state index in [4.69, 9.17) is 44.3 Å². The maximum atomic E-state index is 12.1. The van der Waals surface area contributed by atoms with Crippen LogP contribution < -0.4 is 5.32 Å². The summed E-state index contributed by atoms with van der Waals surface area (Å²) >= 11 is 18.5. The highest BCUT2D eigenvalue weighted by atomic mass is 35.6. The van der Waals surface area contributed by atoms with Crippen LogP contribution in [0.25, 0.3) is 0 Å². The lowest BCUT2D eigenvalue weighted by molar-refractivity contribution is -0.245. The largest absolute Gasteiger partial charge is 0.392 e. The van der Waals surface area contributed by atoms with Crippen LogP contribution in [0, 0.1) is 0 Å². The Morgan fingerprint density at radius 2 is 1.97 bits per heavy atom. The van der Waals surface area contributed by atoms with Crippen LogP contribution in [-0.4, -0.2) is 41.8 Å². The average Bonchev–Trinajstić information content (AvgIpc) is 3.36. The number of carbonyl (C=O) groups excluding carboxylic acids is 1. The van der Waals surface area contributed by atoms with E-state index < -0.39 is 16.0 Å². The molecule has 1 saturated heterocycles. The maximum Gasteiger partial charge on any atom is 0.276 e. The number of ether oxygens (including phenoxy) is 2. The molecular weight excluding hydrogens is 523 g/mol. The number of aromatic amines is 1. The third-order valence-electron chi connectivity index (χ3n) is 5.09. The number of hydrogen-bond donors (Lipinski definition) is 3. The van der Waals surface area contributed by atoms with Gasteiger partial charge in [-0.1, -0.05) is 83.0 Å². The monoisotopic (exact) mass is 542 g/mol. The normalized spacial score (nSPS) is 20.8. The van der Waals surface area contributed by atoms with E-state index in [1.165, 1.54) is 18.1 Å². The maximum absolute atomic E-state index is 12.1. The molecule has 0 bridgehead atoms. The minimum Gasteiger partial charge on any atom is -0.392 e. The Balaban J connectivity index is 1.54. The van der Waals surface area contributed by atoms with Crippen LogP contribution in [0.2, 0.25) is 0 Å². The van der Waals surface area contributed by atoms with Gasteiger partial charge in [-0.05, 0) is 23.3 Å². The van der Waals surface area contributed by atoms with E-state index in [-0.39, 0.29) is 18.8 Å². The van der Waals surface area contributed by atoms with Crippen LogP contribution in [0.1, 0.15) is 35.5 Å². The summed E-state index contributed by atoms with van der Waals surface area (Å²) < 4.78 is 10.5. The molecule has 3 aromatic rings. The third kappa shape index (κ3) is 6.63. The summed E-state index contributed by atoms with van der Waals surface area (Å²) in [5, 5.41) is 19.3. The summed E-state index contributed by atoms with van der Waals surface area (Å²) in [4.78, 5) is 16.2. The molecule has 4 rings (SSSR count). The van der Waals surface area contributed by atoms with Crippen molar-refractivity contribution in [3.05, 3.63) is 71.5 Å². The Labute approximate surface area is 215 Å². The lowest BCUT2D eigenvalue weighted by atomic mass is 10.0. The molecule has 8 nitrogen and oxygen atoms in total. The average molecular weight is 544 g/mol. The van der Waals surface area contributed by atoms with E-state index in [0.717, 1.165) is 11.1 Å². The summed E-state index contributed by atoms with van der Waals surface area (Å²) in [6.07, 6.45) is 0.987. The molecule has 1 aromatic heterocycles. The van der Waals surface area contributed by atoms with E-state index >= 15 is 0 Å². The number of amides is 1. The van der Waals surface area contributed by atoms with Crippen molar-refractivity contribution in [2.45, 2.75) is 40.5 Å². The highest BCUT2D eigenvalue weighted by Crippen LogP contribution is 2.39. The van der Waals surface area contributed by atoms with Gasteiger partial charge in [-0.15, -0.1) is 0 Å². The quantitative estimate of drug-likeness (QED) is 0.286. The van der Waals surface area contributed by atoms with Crippen LogP contribution >= 0.6 is 46.6 Å². The number of thioether (sulfide) groups is 1. The van der Waals surface area contributed by atoms with Crippen LogP contribution in [0.3, 0.4) is 0 Å². The Morgan fingerprint density at radius 1 is 1.18 bits per heavy atom. The Hall–Kier alpha value is -1.85. The first-order chi connectivity index (χ1) is 16.3. The van der Waals surface area contributed by atoms with E-state index in [2.05, 4.69) is 20.5 Å². The molecule has 0 saturated carbocycles. The number of alkyl halides is 3. The van der Waals surface area contributed by atoms with Gasteiger partial charge in [-0.2, -0.15) is 5.10 Å². The zero-order valence-electron chi connectivity index (χ0n) is 17.7. The SMILES string of the molecule is O=C(Nc1cccc(C2OC(CSc3ncn[nH]3)CC(c3ccc(CO)cc3)O2)c1)C(Cl)(Cl)Cl. The number of H-pyrrole nitrogens is 1. The molecule has 2 aromatic carbocycles. The number of aromatic nitrogens is 3. The molecule has 2 heterocycles. The number of nitrogens with one attached hydrogen (secondary N) is 2. The minimum absolute atomic E-state index is 0.0271. The molecule has 1 aliphatic rings. The first-order valence-corrected chi connectivity index (χ1v) is 12.4. The molecule has 0 spiro atoms. The van der Waals surface area contributed by atoms with Crippen molar-refractivity contribution in [3.8, 4) is 0 Å². The molecular formula is C22H21Cl3N4O4S. The highest BCUT2D eigenvalue weighted by molar-refractivity contribution is 7.99. The van der Waals surface area contributed by atoms with Gasteiger partial charge in [0.2, 0.25) is 0 Å². The first kappa shape index (κ1) is 25.2. The molecule has 0 aliphatic carbocycles. The number of nitrogens with zero attached hydrogens (tertiary/aromatic N) is 2. The zero-order chi connectivity index (χ0) is 24.1. The molecule has 3 unspecified atom stereocenters. The number of aliphatic hydroxyl groups is 1. The van der Waals surface area contributed by atoms with Crippen molar-refractivity contribution in [1.82, 2.24) is 15.2 Å². The van der Waals surface area contributed by atoms with E-state index in [0.29, 0.717) is 28.6 Å². The fraction of sp³-hybridized carbons (Fsp3) is 0.318. The molecule has 34 heavy (non-hydrogen) atoms.